The van der Waals surface area contributed by atoms with Crippen LogP contribution in [0.5, 0.6) is 0 Å². The lowest BCUT2D eigenvalue weighted by Crippen LogP contribution is -2.52. The molecule has 1 fully saturated rings. The van der Waals surface area contributed by atoms with Crippen molar-refractivity contribution in [2.45, 2.75) is 6.04 Å². The molecule has 0 aromatic carbocycles. The van der Waals surface area contributed by atoms with Crippen molar-refractivity contribution in [3.63, 3.8) is 0 Å². The van der Waals surface area contributed by atoms with Crippen molar-refractivity contribution in [1.29, 1.82) is 0 Å². The number of hydrogen-bond donors (Lipinski definition) is 1. The van der Waals surface area contributed by atoms with Crippen LogP contribution in [-0.4, -0.2) is 52.7 Å². The van der Waals surface area contributed by atoms with Crippen molar-refractivity contribution >= 4 is 23.2 Å². The van der Waals surface area contributed by atoms with Gasteiger partial charge in [0.15, 0.2) is 6.04 Å². The van der Waals surface area contributed by atoms with Gasteiger partial charge in [0.05, 0.1) is 18.7 Å². The third kappa shape index (κ3) is 2.05. The monoisotopic (exact) mass is 242 g/mol. The number of rotatable bonds is 2. The first-order valence-corrected chi connectivity index (χ1v) is 5.64. The van der Waals surface area contributed by atoms with E-state index < -0.39 is 12.0 Å². The summed E-state index contributed by atoms with van der Waals surface area (Å²) in [5, 5.41) is 10.6. The Labute approximate surface area is 95.5 Å². The van der Waals surface area contributed by atoms with Crippen LogP contribution in [0.2, 0.25) is 0 Å². The van der Waals surface area contributed by atoms with Gasteiger partial charge < -0.3 is 14.7 Å². The van der Waals surface area contributed by atoms with Crippen molar-refractivity contribution in [3.8, 4) is 0 Å². The van der Waals surface area contributed by atoms with Gasteiger partial charge in [0.2, 0.25) is 0 Å². The van der Waals surface area contributed by atoms with Crippen LogP contribution >= 0.6 is 11.3 Å². The van der Waals surface area contributed by atoms with E-state index in [0.717, 1.165) is 0 Å². The zero-order valence-corrected chi connectivity index (χ0v) is 9.14. The summed E-state index contributed by atoms with van der Waals surface area (Å²) in [5.41, 5.74) is 1.84. The van der Waals surface area contributed by atoms with Crippen LogP contribution in [0.1, 0.15) is 10.5 Å². The maximum atomic E-state index is 11.9. The number of carbonyl (C=O) groups is 2. The molecule has 0 saturated carbocycles. The number of ether oxygens (including phenoxy) is 1. The maximum Gasteiger partial charge on any atom is 0.328 e. The summed E-state index contributed by atoms with van der Waals surface area (Å²) in [6, 6.07) is -0.914. The van der Waals surface area contributed by atoms with Gasteiger partial charge in [-0.3, -0.25) is 4.79 Å². The van der Waals surface area contributed by atoms with Gasteiger partial charge in [-0.05, 0) is 0 Å². The average Bonchev–Trinajstić information content (AvgIpc) is 2.81. The third-order valence-corrected chi connectivity index (χ3v) is 2.91. The summed E-state index contributed by atoms with van der Waals surface area (Å²) >= 11 is 1.30. The predicted molar refractivity (Wildman–Crippen MR) is 55.4 cm³/mol. The number of amides is 1. The summed E-state index contributed by atoms with van der Waals surface area (Å²) in [4.78, 5) is 28.0. The zero-order chi connectivity index (χ0) is 11.5. The Hall–Kier alpha value is -1.47. The number of aliphatic carboxylic acids is 1. The number of carbonyl (C=O) groups excluding carboxylic acids is 1. The fourth-order valence-corrected chi connectivity index (χ4v) is 2.04. The minimum Gasteiger partial charge on any atom is -0.480 e. The molecule has 1 aliphatic heterocycles. The van der Waals surface area contributed by atoms with E-state index in [-0.39, 0.29) is 24.8 Å². The second-order valence-corrected chi connectivity index (χ2v) is 4.02. The van der Waals surface area contributed by atoms with E-state index in [9.17, 15) is 9.59 Å². The Kier molecular flexibility index (Phi) is 3.16. The van der Waals surface area contributed by atoms with Gasteiger partial charge in [0.25, 0.3) is 5.91 Å². The molecule has 7 heteroatoms. The minimum absolute atomic E-state index is 0.0329. The molecule has 0 bridgehead atoms. The molecule has 2 heterocycles. The SMILES string of the molecule is O=C(O)C1COCCN1C(=O)c1cscn1. The fraction of sp³-hybridized carbons (Fsp3) is 0.444. The predicted octanol–water partition coefficient (Wildman–Crippen LogP) is 0.0687. The molecule has 1 aromatic heterocycles. The van der Waals surface area contributed by atoms with Crippen molar-refractivity contribution in [2.24, 2.45) is 0 Å². The molecule has 86 valence electrons. The number of morpholine rings is 1. The molecule has 1 unspecified atom stereocenters. The van der Waals surface area contributed by atoms with E-state index in [2.05, 4.69) is 4.98 Å². The fourth-order valence-electron chi connectivity index (χ4n) is 1.52. The summed E-state index contributed by atoms with van der Waals surface area (Å²) < 4.78 is 5.05. The first-order valence-electron chi connectivity index (χ1n) is 4.70. The topological polar surface area (TPSA) is 79.7 Å². The highest BCUT2D eigenvalue weighted by atomic mass is 32.1. The summed E-state index contributed by atoms with van der Waals surface area (Å²) in [6.07, 6.45) is 0. The Bertz CT molecular complexity index is 392. The van der Waals surface area contributed by atoms with E-state index in [4.69, 9.17) is 9.84 Å². The first kappa shape index (κ1) is 11.0. The molecule has 1 aromatic rings. The Morgan fingerprint density at radius 3 is 3.06 bits per heavy atom. The summed E-state index contributed by atoms with van der Waals surface area (Å²) in [7, 11) is 0. The van der Waals surface area contributed by atoms with Gasteiger partial charge in [-0.15, -0.1) is 11.3 Å². The van der Waals surface area contributed by atoms with Crippen molar-refractivity contribution < 1.29 is 19.4 Å². The van der Waals surface area contributed by atoms with Crippen LogP contribution in [0.15, 0.2) is 10.9 Å². The van der Waals surface area contributed by atoms with Crippen LogP contribution < -0.4 is 0 Å². The largest absolute Gasteiger partial charge is 0.480 e. The molecular weight excluding hydrogens is 232 g/mol. The van der Waals surface area contributed by atoms with Gasteiger partial charge in [-0.25, -0.2) is 9.78 Å². The van der Waals surface area contributed by atoms with Gasteiger partial charge >= 0.3 is 5.97 Å². The van der Waals surface area contributed by atoms with Crippen LogP contribution in [0.4, 0.5) is 0 Å². The molecule has 1 N–H and O–H groups in total. The lowest BCUT2D eigenvalue weighted by molar-refractivity contribution is -0.147. The molecule has 1 saturated heterocycles. The second kappa shape index (κ2) is 4.58. The van der Waals surface area contributed by atoms with E-state index >= 15 is 0 Å². The standard InChI is InChI=1S/C9H10N2O4S/c12-8(6-4-16-5-10-6)11-1-2-15-3-7(11)9(13)14/h4-5,7H,1-3H2,(H,13,14). The van der Waals surface area contributed by atoms with Crippen LogP contribution in [0.25, 0.3) is 0 Å². The van der Waals surface area contributed by atoms with Gasteiger partial charge in [0, 0.05) is 11.9 Å². The van der Waals surface area contributed by atoms with Crippen molar-refractivity contribution in [2.75, 3.05) is 19.8 Å². The Morgan fingerprint density at radius 1 is 1.62 bits per heavy atom. The number of carboxylic acid groups (broad SMARTS) is 1. The zero-order valence-electron chi connectivity index (χ0n) is 8.33. The highest BCUT2D eigenvalue weighted by molar-refractivity contribution is 7.07. The molecule has 0 radical (unpaired) electrons. The molecule has 2 rings (SSSR count). The van der Waals surface area contributed by atoms with E-state index in [0.29, 0.717) is 6.61 Å². The van der Waals surface area contributed by atoms with E-state index in [1.807, 2.05) is 0 Å². The van der Waals surface area contributed by atoms with Gasteiger partial charge in [0.1, 0.15) is 5.69 Å². The lowest BCUT2D eigenvalue weighted by atomic mass is 10.2. The number of thiazole rings is 1. The number of aromatic nitrogens is 1. The smallest absolute Gasteiger partial charge is 0.328 e. The third-order valence-electron chi connectivity index (χ3n) is 2.33. The molecule has 0 spiro atoms. The quantitative estimate of drug-likeness (QED) is 0.793. The number of nitrogens with zero attached hydrogens (tertiary/aromatic N) is 2. The molecule has 16 heavy (non-hydrogen) atoms. The van der Waals surface area contributed by atoms with Gasteiger partial charge in [-0.2, -0.15) is 0 Å². The van der Waals surface area contributed by atoms with E-state index in [1.165, 1.54) is 16.2 Å². The Morgan fingerprint density at radius 2 is 2.44 bits per heavy atom. The van der Waals surface area contributed by atoms with Crippen LogP contribution in [0.3, 0.4) is 0 Å². The molecule has 1 amide bonds. The van der Waals surface area contributed by atoms with Crippen LogP contribution in [-0.2, 0) is 9.53 Å². The highest BCUT2D eigenvalue weighted by Crippen LogP contribution is 2.12. The molecule has 1 aliphatic rings. The highest BCUT2D eigenvalue weighted by Gasteiger charge is 2.33. The van der Waals surface area contributed by atoms with Crippen molar-refractivity contribution in [3.05, 3.63) is 16.6 Å². The second-order valence-electron chi connectivity index (χ2n) is 3.30. The molecule has 1 atom stereocenters. The van der Waals surface area contributed by atoms with E-state index in [1.54, 1.807) is 10.9 Å². The summed E-state index contributed by atoms with van der Waals surface area (Å²) in [6.45, 7) is 0.679. The Balaban J connectivity index is 2.17. The minimum atomic E-state index is -1.05. The number of carboxylic acids is 1. The molecule has 6 nitrogen and oxygen atoms in total. The molecular formula is C9H10N2O4S. The maximum absolute atomic E-state index is 11.9. The lowest BCUT2D eigenvalue weighted by Gasteiger charge is -2.32. The average molecular weight is 242 g/mol. The number of hydrogen-bond acceptors (Lipinski definition) is 5. The van der Waals surface area contributed by atoms with Crippen molar-refractivity contribution in [1.82, 2.24) is 9.88 Å². The van der Waals surface area contributed by atoms with Gasteiger partial charge in [-0.1, -0.05) is 0 Å². The summed E-state index contributed by atoms with van der Waals surface area (Å²) in [5.74, 6) is -1.40. The normalized spacial score (nSPS) is 20.8. The van der Waals surface area contributed by atoms with Crippen LogP contribution in [0, 0.1) is 0 Å². The first-order chi connectivity index (χ1) is 7.70. The molecule has 0 aliphatic carbocycles.